The van der Waals surface area contributed by atoms with Gasteiger partial charge in [-0.05, 0) is 37.3 Å². The van der Waals surface area contributed by atoms with Crippen LogP contribution in [0.25, 0.3) is 0 Å². The lowest BCUT2D eigenvalue weighted by Crippen LogP contribution is -2.22. The molecule has 5 nitrogen and oxygen atoms in total. The molecule has 4 rings (SSSR count). The Hall–Kier alpha value is -3.21. The van der Waals surface area contributed by atoms with Crippen LogP contribution in [-0.2, 0) is 13.0 Å². The van der Waals surface area contributed by atoms with E-state index in [9.17, 15) is 5.21 Å². The summed E-state index contributed by atoms with van der Waals surface area (Å²) >= 11 is 0. The SMILES string of the molecule is Cc1ccc(CNc2ncc3c(n2)CC(c2ccc(C)cc2)C/C3=N\O)cc1. The quantitative estimate of drug-likeness (QED) is 0.518. The van der Waals surface area contributed by atoms with Gasteiger partial charge in [0.15, 0.2) is 0 Å². The highest BCUT2D eigenvalue weighted by molar-refractivity contribution is 6.02. The Labute approximate surface area is 165 Å². The van der Waals surface area contributed by atoms with Gasteiger partial charge in [0.2, 0.25) is 5.95 Å². The smallest absolute Gasteiger partial charge is 0.223 e. The van der Waals surface area contributed by atoms with Crippen molar-refractivity contribution in [2.24, 2.45) is 5.16 Å². The second-order valence-electron chi connectivity index (χ2n) is 7.46. The highest BCUT2D eigenvalue weighted by Gasteiger charge is 2.27. The predicted octanol–water partition coefficient (Wildman–Crippen LogP) is 4.61. The van der Waals surface area contributed by atoms with E-state index in [-0.39, 0.29) is 5.92 Å². The van der Waals surface area contributed by atoms with Gasteiger partial charge in [0, 0.05) is 24.7 Å². The maximum absolute atomic E-state index is 9.51. The van der Waals surface area contributed by atoms with Crippen molar-refractivity contribution in [3.63, 3.8) is 0 Å². The van der Waals surface area contributed by atoms with Crippen molar-refractivity contribution in [1.82, 2.24) is 9.97 Å². The molecule has 0 aliphatic heterocycles. The van der Waals surface area contributed by atoms with Crippen LogP contribution in [0.1, 0.15) is 45.8 Å². The van der Waals surface area contributed by atoms with Gasteiger partial charge in [-0.2, -0.15) is 0 Å². The first-order valence-corrected chi connectivity index (χ1v) is 9.55. The van der Waals surface area contributed by atoms with Crippen LogP contribution < -0.4 is 5.32 Å². The summed E-state index contributed by atoms with van der Waals surface area (Å²) in [4.78, 5) is 9.14. The normalized spacial score (nSPS) is 17.4. The van der Waals surface area contributed by atoms with Crippen LogP contribution in [0.3, 0.4) is 0 Å². The number of nitrogens with one attached hydrogen (secondary N) is 1. The molecule has 1 aliphatic carbocycles. The number of hydrogen-bond acceptors (Lipinski definition) is 5. The summed E-state index contributed by atoms with van der Waals surface area (Å²) in [5.41, 5.74) is 7.31. The van der Waals surface area contributed by atoms with Gasteiger partial charge < -0.3 is 10.5 Å². The summed E-state index contributed by atoms with van der Waals surface area (Å²) in [7, 11) is 0. The van der Waals surface area contributed by atoms with Gasteiger partial charge >= 0.3 is 0 Å². The Morgan fingerprint density at radius 1 is 1.00 bits per heavy atom. The molecule has 3 aromatic rings. The molecule has 142 valence electrons. The van der Waals surface area contributed by atoms with Crippen molar-refractivity contribution in [3.05, 3.63) is 88.2 Å². The number of aromatic nitrogens is 2. The third-order valence-electron chi connectivity index (χ3n) is 5.30. The van der Waals surface area contributed by atoms with Gasteiger partial charge in [0.1, 0.15) is 0 Å². The number of rotatable bonds is 4. The fourth-order valence-electron chi connectivity index (χ4n) is 3.60. The topological polar surface area (TPSA) is 70.4 Å². The number of fused-ring (bicyclic) bond motifs is 1. The summed E-state index contributed by atoms with van der Waals surface area (Å²) in [6.45, 7) is 4.83. The summed E-state index contributed by atoms with van der Waals surface area (Å²) in [6, 6.07) is 16.9. The van der Waals surface area contributed by atoms with Crippen molar-refractivity contribution in [3.8, 4) is 0 Å². The van der Waals surface area contributed by atoms with Crippen molar-refractivity contribution < 1.29 is 5.21 Å². The number of anilines is 1. The minimum absolute atomic E-state index is 0.249. The molecule has 1 aliphatic rings. The Morgan fingerprint density at radius 3 is 2.36 bits per heavy atom. The lowest BCUT2D eigenvalue weighted by molar-refractivity contribution is 0.316. The van der Waals surface area contributed by atoms with E-state index in [1.165, 1.54) is 22.3 Å². The molecule has 0 radical (unpaired) electrons. The van der Waals surface area contributed by atoms with Gasteiger partial charge in [-0.25, -0.2) is 9.97 Å². The summed E-state index contributed by atoms with van der Waals surface area (Å²) in [5.74, 6) is 0.847. The first-order chi connectivity index (χ1) is 13.6. The van der Waals surface area contributed by atoms with E-state index in [1.807, 2.05) is 0 Å². The zero-order valence-corrected chi connectivity index (χ0v) is 16.2. The molecule has 0 amide bonds. The highest BCUT2D eigenvalue weighted by Crippen LogP contribution is 2.32. The Kier molecular flexibility index (Phi) is 5.06. The van der Waals surface area contributed by atoms with Crippen LogP contribution in [0, 0.1) is 13.8 Å². The first-order valence-electron chi connectivity index (χ1n) is 9.55. The zero-order valence-electron chi connectivity index (χ0n) is 16.2. The van der Waals surface area contributed by atoms with E-state index in [1.54, 1.807) is 6.20 Å². The van der Waals surface area contributed by atoms with Crippen molar-refractivity contribution in [1.29, 1.82) is 0 Å². The van der Waals surface area contributed by atoms with E-state index < -0.39 is 0 Å². The number of hydrogen-bond donors (Lipinski definition) is 2. The molecule has 1 atom stereocenters. The van der Waals surface area contributed by atoms with E-state index in [4.69, 9.17) is 4.98 Å². The number of oxime groups is 1. The minimum atomic E-state index is 0.249. The molecule has 0 saturated heterocycles. The van der Waals surface area contributed by atoms with Crippen molar-refractivity contribution in [2.45, 2.75) is 39.2 Å². The monoisotopic (exact) mass is 372 g/mol. The van der Waals surface area contributed by atoms with E-state index in [0.717, 1.165) is 17.7 Å². The van der Waals surface area contributed by atoms with Gasteiger partial charge in [-0.3, -0.25) is 0 Å². The fourth-order valence-corrected chi connectivity index (χ4v) is 3.60. The van der Waals surface area contributed by atoms with Crippen LogP contribution in [0.2, 0.25) is 0 Å². The van der Waals surface area contributed by atoms with Gasteiger partial charge in [-0.1, -0.05) is 64.8 Å². The molecule has 1 aromatic heterocycles. The molecule has 2 aromatic carbocycles. The number of nitrogens with zero attached hydrogens (tertiary/aromatic N) is 3. The van der Waals surface area contributed by atoms with Crippen molar-refractivity contribution >= 4 is 11.7 Å². The molecule has 2 N–H and O–H groups in total. The average molecular weight is 372 g/mol. The first kappa shape index (κ1) is 18.2. The third-order valence-corrected chi connectivity index (χ3v) is 5.30. The summed E-state index contributed by atoms with van der Waals surface area (Å²) < 4.78 is 0. The van der Waals surface area contributed by atoms with Crippen molar-refractivity contribution in [2.75, 3.05) is 5.32 Å². The standard InChI is InChI=1S/C23H24N4O/c1-15-3-7-17(8-4-15)13-24-23-25-14-20-21(26-23)11-19(12-22(20)27-28)18-9-5-16(2)6-10-18/h3-10,14,19,28H,11-13H2,1-2H3,(H,24,25,26)/b27-22+. The largest absolute Gasteiger partial charge is 0.411 e. The maximum Gasteiger partial charge on any atom is 0.223 e. The predicted molar refractivity (Wildman–Crippen MR) is 111 cm³/mol. The lowest BCUT2D eigenvalue weighted by atomic mass is 9.81. The lowest BCUT2D eigenvalue weighted by Gasteiger charge is -2.25. The molecule has 0 saturated carbocycles. The van der Waals surface area contributed by atoms with Crippen LogP contribution in [0.4, 0.5) is 5.95 Å². The molecule has 0 bridgehead atoms. The Morgan fingerprint density at radius 2 is 1.68 bits per heavy atom. The second-order valence-corrected chi connectivity index (χ2v) is 7.46. The van der Waals surface area contributed by atoms with Gasteiger partial charge in [0.05, 0.1) is 11.4 Å². The molecule has 1 heterocycles. The Bertz CT molecular complexity index is 994. The molecule has 0 fully saturated rings. The molecular weight excluding hydrogens is 348 g/mol. The minimum Gasteiger partial charge on any atom is -0.411 e. The Balaban J connectivity index is 1.55. The molecule has 1 unspecified atom stereocenters. The van der Waals surface area contributed by atoms with Crippen LogP contribution in [-0.4, -0.2) is 20.9 Å². The molecule has 0 spiro atoms. The zero-order chi connectivity index (χ0) is 19.5. The van der Waals surface area contributed by atoms with Gasteiger partial charge in [0.25, 0.3) is 0 Å². The molecular formula is C23H24N4O. The molecule has 28 heavy (non-hydrogen) atoms. The van der Waals surface area contributed by atoms with Crippen LogP contribution in [0.5, 0.6) is 0 Å². The van der Waals surface area contributed by atoms with Crippen LogP contribution in [0.15, 0.2) is 59.9 Å². The summed E-state index contributed by atoms with van der Waals surface area (Å²) in [5, 5.41) is 16.3. The van der Waals surface area contributed by atoms with E-state index in [2.05, 4.69) is 77.8 Å². The van der Waals surface area contributed by atoms with Gasteiger partial charge in [-0.15, -0.1) is 0 Å². The number of benzene rings is 2. The number of aryl methyl sites for hydroxylation is 2. The fraction of sp³-hybridized carbons (Fsp3) is 0.261. The molecule has 5 heteroatoms. The van der Waals surface area contributed by atoms with E-state index in [0.29, 0.717) is 24.6 Å². The van der Waals surface area contributed by atoms with Crippen LogP contribution >= 0.6 is 0 Å². The summed E-state index contributed by atoms with van der Waals surface area (Å²) in [6.07, 6.45) is 3.26. The van der Waals surface area contributed by atoms with E-state index >= 15 is 0 Å². The maximum atomic E-state index is 9.51. The second kappa shape index (κ2) is 7.80. The average Bonchev–Trinajstić information content (AvgIpc) is 2.73. The third kappa shape index (κ3) is 3.88. The highest BCUT2D eigenvalue weighted by atomic mass is 16.4.